The van der Waals surface area contributed by atoms with Crippen molar-refractivity contribution in [1.82, 2.24) is 0 Å². The van der Waals surface area contributed by atoms with Gasteiger partial charge in [-0.15, -0.1) is 0 Å². The summed E-state index contributed by atoms with van der Waals surface area (Å²) in [4.78, 5) is 0. The molecule has 0 spiro atoms. The Morgan fingerprint density at radius 1 is 1.18 bits per heavy atom. The Bertz CT molecular complexity index is 198. The zero-order valence-corrected chi connectivity index (χ0v) is 8.84. The first kappa shape index (κ1) is 10.6. The van der Waals surface area contributed by atoms with Gasteiger partial charge < -0.3 is 10.8 Å². The van der Waals surface area contributed by atoms with Gasteiger partial charge in [-0.05, 0) is 30.7 Å². The first-order valence-electron chi connectivity index (χ1n) is 3.31. The van der Waals surface area contributed by atoms with Gasteiger partial charge in [0.15, 0.2) is 0 Å². The van der Waals surface area contributed by atoms with Crippen molar-refractivity contribution in [1.29, 1.82) is 0 Å². The maximum atomic E-state index is 8.89. The maximum absolute atomic E-state index is 8.89. The molecule has 0 aromatic heterocycles. The van der Waals surface area contributed by atoms with Crippen LogP contribution in [-0.4, -0.2) is 11.7 Å². The summed E-state index contributed by atoms with van der Waals surface area (Å²) >= 11 is 0. The van der Waals surface area contributed by atoms with Crippen LogP contribution in [0.4, 0.5) is 0 Å². The van der Waals surface area contributed by atoms with Gasteiger partial charge in [0.05, 0.1) is 0 Å². The van der Waals surface area contributed by atoms with Crippen LogP contribution < -0.4 is 5.73 Å². The van der Waals surface area contributed by atoms with Crippen molar-refractivity contribution in [2.24, 2.45) is 5.73 Å². The largest absolute Gasteiger partial charge is 0.508 e. The summed E-state index contributed by atoms with van der Waals surface area (Å²) in [6.07, 6.45) is 0.875. The second kappa shape index (κ2) is 5.31. The van der Waals surface area contributed by atoms with E-state index >= 15 is 0 Å². The summed E-state index contributed by atoms with van der Waals surface area (Å²) in [5, 5.41) is 8.89. The summed E-state index contributed by atoms with van der Waals surface area (Å²) in [7, 11) is 0. The third kappa shape index (κ3) is 3.52. The van der Waals surface area contributed by atoms with E-state index in [9.17, 15) is 0 Å². The van der Waals surface area contributed by atoms with E-state index in [2.05, 4.69) is 0 Å². The van der Waals surface area contributed by atoms with E-state index in [0.717, 1.165) is 6.42 Å². The predicted molar refractivity (Wildman–Crippen MR) is 40.9 cm³/mol. The maximum Gasteiger partial charge on any atom is 0.115 e. The van der Waals surface area contributed by atoms with Crippen LogP contribution >= 0.6 is 0 Å². The number of nitrogens with two attached hydrogens (primary N) is 1. The van der Waals surface area contributed by atoms with Crippen LogP contribution in [0.1, 0.15) is 5.56 Å². The van der Waals surface area contributed by atoms with Crippen LogP contribution in [0, 0.1) is 0 Å². The van der Waals surface area contributed by atoms with Crippen LogP contribution in [0.3, 0.4) is 0 Å². The van der Waals surface area contributed by atoms with E-state index in [1.807, 2.05) is 12.1 Å². The van der Waals surface area contributed by atoms with Gasteiger partial charge in [0, 0.05) is 20.4 Å². The van der Waals surface area contributed by atoms with Crippen LogP contribution in [0.2, 0.25) is 0 Å². The van der Waals surface area contributed by atoms with Crippen molar-refractivity contribution in [2.75, 3.05) is 6.54 Å². The molecule has 0 unspecified atom stereocenters. The molecule has 0 amide bonds. The molecule has 2 nitrogen and oxygen atoms in total. The molecular formula is C8H11NORe. The van der Waals surface area contributed by atoms with Gasteiger partial charge in [0.1, 0.15) is 5.75 Å². The smallest absolute Gasteiger partial charge is 0.115 e. The number of hydrogen-bond acceptors (Lipinski definition) is 2. The monoisotopic (exact) mass is 324 g/mol. The number of rotatable bonds is 2. The van der Waals surface area contributed by atoms with Gasteiger partial charge in [-0.2, -0.15) is 0 Å². The molecule has 1 aromatic carbocycles. The summed E-state index contributed by atoms with van der Waals surface area (Å²) in [6.45, 7) is 0.658. The normalized spacial score (nSPS) is 8.82. The summed E-state index contributed by atoms with van der Waals surface area (Å²) < 4.78 is 0. The SMILES string of the molecule is NCCc1ccc(O)cc1.[Re]. The molecule has 0 aliphatic carbocycles. The summed E-state index contributed by atoms with van der Waals surface area (Å²) in [5.74, 6) is 0.306. The Labute approximate surface area is 80.1 Å². The van der Waals surface area contributed by atoms with Gasteiger partial charge in [-0.1, -0.05) is 12.1 Å². The third-order valence-electron chi connectivity index (χ3n) is 1.37. The molecule has 0 fully saturated rings. The Morgan fingerprint density at radius 3 is 2.18 bits per heavy atom. The van der Waals surface area contributed by atoms with Crippen molar-refractivity contribution in [3.8, 4) is 5.75 Å². The Hall–Kier alpha value is -0.358. The van der Waals surface area contributed by atoms with E-state index in [1.165, 1.54) is 5.56 Å². The molecule has 0 bridgehead atoms. The fourth-order valence-corrected chi connectivity index (χ4v) is 0.829. The summed E-state index contributed by atoms with van der Waals surface area (Å²) in [6, 6.07) is 7.10. The molecule has 11 heavy (non-hydrogen) atoms. The van der Waals surface area contributed by atoms with E-state index in [0.29, 0.717) is 12.3 Å². The molecule has 1 aromatic rings. The van der Waals surface area contributed by atoms with Gasteiger partial charge in [0.2, 0.25) is 0 Å². The fourth-order valence-electron chi connectivity index (χ4n) is 0.829. The molecule has 0 aliphatic heterocycles. The van der Waals surface area contributed by atoms with E-state index in [1.54, 1.807) is 12.1 Å². The third-order valence-corrected chi connectivity index (χ3v) is 1.37. The van der Waals surface area contributed by atoms with Crippen molar-refractivity contribution in [2.45, 2.75) is 6.42 Å². The van der Waals surface area contributed by atoms with Crippen molar-refractivity contribution in [3.63, 3.8) is 0 Å². The quantitative estimate of drug-likeness (QED) is 0.849. The zero-order chi connectivity index (χ0) is 7.40. The number of phenols is 1. The molecular weight excluding hydrogens is 312 g/mol. The predicted octanol–water partition coefficient (Wildman–Crippen LogP) is 0.891. The average molecular weight is 323 g/mol. The molecule has 0 heterocycles. The molecule has 0 saturated carbocycles. The standard InChI is InChI=1S/C8H11NO.Re/c9-6-5-7-1-3-8(10)4-2-7;/h1-4,10H,5-6,9H2;. The first-order chi connectivity index (χ1) is 4.83. The molecule has 0 saturated heterocycles. The van der Waals surface area contributed by atoms with Crippen LogP contribution in [0.5, 0.6) is 5.75 Å². The van der Waals surface area contributed by atoms with Crippen LogP contribution in [-0.2, 0) is 26.8 Å². The van der Waals surface area contributed by atoms with E-state index in [-0.39, 0.29) is 20.4 Å². The zero-order valence-electron chi connectivity index (χ0n) is 6.13. The van der Waals surface area contributed by atoms with E-state index in [4.69, 9.17) is 10.8 Å². The number of phenolic OH excluding ortho intramolecular Hbond substituents is 1. The molecule has 0 atom stereocenters. The second-order valence-corrected chi connectivity index (χ2v) is 2.21. The molecule has 3 heteroatoms. The Morgan fingerprint density at radius 2 is 1.73 bits per heavy atom. The number of hydrogen-bond donors (Lipinski definition) is 2. The van der Waals surface area contributed by atoms with Gasteiger partial charge in [-0.25, -0.2) is 0 Å². The van der Waals surface area contributed by atoms with Gasteiger partial charge >= 0.3 is 0 Å². The molecule has 1 rings (SSSR count). The minimum atomic E-state index is 0. The van der Waals surface area contributed by atoms with Crippen molar-refractivity contribution < 1.29 is 25.5 Å². The molecule has 3 N–H and O–H groups in total. The van der Waals surface area contributed by atoms with Crippen molar-refractivity contribution in [3.05, 3.63) is 29.8 Å². The molecule has 61 valence electrons. The topological polar surface area (TPSA) is 46.2 Å². The van der Waals surface area contributed by atoms with Gasteiger partial charge in [0.25, 0.3) is 0 Å². The minimum Gasteiger partial charge on any atom is -0.508 e. The van der Waals surface area contributed by atoms with Crippen molar-refractivity contribution >= 4 is 0 Å². The fraction of sp³-hybridized carbons (Fsp3) is 0.250. The van der Waals surface area contributed by atoms with E-state index < -0.39 is 0 Å². The Kier molecular flexibility index (Phi) is 5.14. The van der Waals surface area contributed by atoms with Crippen LogP contribution in [0.15, 0.2) is 24.3 Å². The molecule has 1 radical (unpaired) electrons. The Balaban J connectivity index is 0.000001000. The van der Waals surface area contributed by atoms with Gasteiger partial charge in [-0.3, -0.25) is 0 Å². The average Bonchev–Trinajstić information content (AvgIpc) is 1.95. The number of benzene rings is 1. The minimum absolute atomic E-state index is 0. The second-order valence-electron chi connectivity index (χ2n) is 2.21. The molecule has 0 aliphatic rings. The first-order valence-corrected chi connectivity index (χ1v) is 3.31. The van der Waals surface area contributed by atoms with Crippen LogP contribution in [0.25, 0.3) is 0 Å². The number of aromatic hydroxyl groups is 1. The summed E-state index contributed by atoms with van der Waals surface area (Å²) in [5.41, 5.74) is 6.50.